The second kappa shape index (κ2) is 4.28. The summed E-state index contributed by atoms with van der Waals surface area (Å²) < 4.78 is 6.26. The Bertz CT molecular complexity index is 137. The van der Waals surface area contributed by atoms with E-state index in [0.717, 1.165) is 0 Å². The van der Waals surface area contributed by atoms with E-state index >= 15 is 0 Å². The molecular formula is C10H26OSi2. The summed E-state index contributed by atoms with van der Waals surface area (Å²) in [6.07, 6.45) is 0. The molecule has 0 bridgehead atoms. The third-order valence-corrected chi connectivity index (χ3v) is 11.0. The SMILES string of the molecule is C[SiH](O[SiH](C)C(C)(C)C)C(C)(C)C. The van der Waals surface area contributed by atoms with Gasteiger partial charge in [-0.25, -0.2) is 0 Å². The highest BCUT2D eigenvalue weighted by Crippen LogP contribution is 2.33. The standard InChI is InChI=1S/C10H26OSi2/c1-9(2,3)12(7)11-13(8)10(4,5)6/h12-13H,1-8H3. The smallest absolute Gasteiger partial charge is 0.165 e. The van der Waals surface area contributed by atoms with Gasteiger partial charge >= 0.3 is 0 Å². The fraction of sp³-hybridized carbons (Fsp3) is 1.00. The van der Waals surface area contributed by atoms with E-state index in [0.29, 0.717) is 10.1 Å². The van der Waals surface area contributed by atoms with Gasteiger partial charge in [0.2, 0.25) is 0 Å². The molecule has 0 saturated heterocycles. The number of hydrogen-bond donors (Lipinski definition) is 0. The second-order valence-corrected chi connectivity index (χ2v) is 13.3. The van der Waals surface area contributed by atoms with Gasteiger partial charge in [-0.1, -0.05) is 41.5 Å². The van der Waals surface area contributed by atoms with Crippen molar-refractivity contribution >= 4 is 18.1 Å². The van der Waals surface area contributed by atoms with Crippen molar-refractivity contribution in [3.8, 4) is 0 Å². The van der Waals surface area contributed by atoms with Gasteiger partial charge in [0.25, 0.3) is 0 Å². The topological polar surface area (TPSA) is 9.23 Å². The van der Waals surface area contributed by atoms with Crippen molar-refractivity contribution in [1.82, 2.24) is 0 Å². The number of rotatable bonds is 2. The van der Waals surface area contributed by atoms with Crippen molar-refractivity contribution in [2.75, 3.05) is 0 Å². The van der Waals surface area contributed by atoms with Gasteiger partial charge in [-0.15, -0.1) is 0 Å². The van der Waals surface area contributed by atoms with Crippen molar-refractivity contribution in [1.29, 1.82) is 0 Å². The number of hydrogen-bond acceptors (Lipinski definition) is 1. The first kappa shape index (κ1) is 13.4. The van der Waals surface area contributed by atoms with Crippen LogP contribution in [0.4, 0.5) is 0 Å². The molecule has 2 unspecified atom stereocenters. The predicted octanol–water partition coefficient (Wildman–Crippen LogP) is 3.31. The lowest BCUT2D eigenvalue weighted by atomic mass is 10.3. The summed E-state index contributed by atoms with van der Waals surface area (Å²) >= 11 is 0. The average Bonchev–Trinajstić information content (AvgIpc) is 1.82. The molecule has 0 heterocycles. The van der Waals surface area contributed by atoms with Crippen LogP contribution in [0.1, 0.15) is 41.5 Å². The van der Waals surface area contributed by atoms with Crippen molar-refractivity contribution in [2.24, 2.45) is 0 Å². The summed E-state index contributed by atoms with van der Waals surface area (Å²) in [5, 5.41) is 0.818. The largest absolute Gasteiger partial charge is 0.459 e. The first-order valence-electron chi connectivity index (χ1n) is 5.20. The van der Waals surface area contributed by atoms with Crippen LogP contribution in [0.3, 0.4) is 0 Å². The van der Waals surface area contributed by atoms with Gasteiger partial charge in [0, 0.05) is 0 Å². The average molecular weight is 218 g/mol. The highest BCUT2D eigenvalue weighted by atomic mass is 28.4. The van der Waals surface area contributed by atoms with Gasteiger partial charge in [-0.3, -0.25) is 0 Å². The van der Waals surface area contributed by atoms with Gasteiger partial charge in [0.1, 0.15) is 0 Å². The quantitative estimate of drug-likeness (QED) is 0.646. The van der Waals surface area contributed by atoms with Crippen LogP contribution in [0.5, 0.6) is 0 Å². The molecule has 0 aliphatic carbocycles. The molecule has 0 N–H and O–H groups in total. The van der Waals surface area contributed by atoms with E-state index in [2.05, 4.69) is 54.6 Å². The van der Waals surface area contributed by atoms with Crippen LogP contribution in [0.25, 0.3) is 0 Å². The van der Waals surface area contributed by atoms with Crippen LogP contribution in [-0.4, -0.2) is 18.1 Å². The molecule has 2 atom stereocenters. The fourth-order valence-corrected chi connectivity index (χ4v) is 6.43. The van der Waals surface area contributed by atoms with E-state index in [1.807, 2.05) is 0 Å². The van der Waals surface area contributed by atoms with Gasteiger partial charge in [-0.2, -0.15) is 0 Å². The fourth-order valence-electron chi connectivity index (χ4n) is 0.714. The van der Waals surface area contributed by atoms with Crippen LogP contribution in [0.15, 0.2) is 0 Å². The Morgan fingerprint density at radius 1 is 0.692 bits per heavy atom. The van der Waals surface area contributed by atoms with Crippen molar-refractivity contribution in [2.45, 2.75) is 64.7 Å². The zero-order chi connectivity index (χ0) is 10.9. The first-order chi connectivity index (χ1) is 5.55. The molecule has 13 heavy (non-hydrogen) atoms. The summed E-state index contributed by atoms with van der Waals surface area (Å²) in [5.74, 6) is 0. The summed E-state index contributed by atoms with van der Waals surface area (Å²) in [6.45, 7) is 18.5. The minimum absolute atomic E-state index is 0.409. The maximum atomic E-state index is 6.26. The molecule has 0 fully saturated rings. The maximum Gasteiger partial charge on any atom is 0.165 e. The Balaban J connectivity index is 4.15. The van der Waals surface area contributed by atoms with Crippen molar-refractivity contribution < 1.29 is 4.12 Å². The molecular weight excluding hydrogens is 192 g/mol. The van der Waals surface area contributed by atoms with Crippen molar-refractivity contribution in [3.05, 3.63) is 0 Å². The molecule has 0 amide bonds. The molecule has 0 aromatic heterocycles. The Labute approximate surface area is 87.3 Å². The van der Waals surface area contributed by atoms with E-state index in [1.165, 1.54) is 0 Å². The monoisotopic (exact) mass is 218 g/mol. The summed E-state index contributed by atoms with van der Waals surface area (Å²) in [7, 11) is -1.97. The third kappa shape index (κ3) is 4.98. The Kier molecular flexibility index (Phi) is 4.41. The van der Waals surface area contributed by atoms with Gasteiger partial charge in [-0.05, 0) is 23.2 Å². The third-order valence-electron chi connectivity index (χ3n) is 2.85. The zero-order valence-corrected chi connectivity index (χ0v) is 12.9. The second-order valence-electron chi connectivity index (χ2n) is 6.15. The Morgan fingerprint density at radius 3 is 1.08 bits per heavy atom. The lowest BCUT2D eigenvalue weighted by Crippen LogP contribution is -2.36. The Hall–Kier alpha value is 0.394. The molecule has 3 heteroatoms. The van der Waals surface area contributed by atoms with E-state index in [9.17, 15) is 0 Å². The minimum atomic E-state index is -0.986. The molecule has 0 spiro atoms. The molecule has 0 radical (unpaired) electrons. The summed E-state index contributed by atoms with van der Waals surface area (Å²) in [5.41, 5.74) is 0. The molecule has 0 rings (SSSR count). The van der Waals surface area contributed by atoms with Gasteiger partial charge in [0.15, 0.2) is 18.1 Å². The van der Waals surface area contributed by atoms with Gasteiger partial charge < -0.3 is 4.12 Å². The molecule has 0 aliphatic rings. The van der Waals surface area contributed by atoms with Gasteiger partial charge in [0.05, 0.1) is 0 Å². The summed E-state index contributed by atoms with van der Waals surface area (Å²) in [4.78, 5) is 0. The highest BCUT2D eigenvalue weighted by molar-refractivity contribution is 6.67. The first-order valence-corrected chi connectivity index (χ1v) is 9.61. The van der Waals surface area contributed by atoms with Crippen LogP contribution in [0.2, 0.25) is 23.2 Å². The maximum absolute atomic E-state index is 6.26. The van der Waals surface area contributed by atoms with Crippen LogP contribution >= 0.6 is 0 Å². The Morgan fingerprint density at radius 2 is 0.923 bits per heavy atom. The molecule has 1 nitrogen and oxygen atoms in total. The molecule has 0 aliphatic heterocycles. The minimum Gasteiger partial charge on any atom is -0.459 e. The van der Waals surface area contributed by atoms with E-state index < -0.39 is 18.1 Å². The van der Waals surface area contributed by atoms with E-state index in [1.54, 1.807) is 0 Å². The molecule has 80 valence electrons. The predicted molar refractivity (Wildman–Crippen MR) is 66.5 cm³/mol. The van der Waals surface area contributed by atoms with Crippen LogP contribution < -0.4 is 0 Å². The van der Waals surface area contributed by atoms with E-state index in [-0.39, 0.29) is 0 Å². The zero-order valence-electron chi connectivity index (χ0n) is 10.6. The van der Waals surface area contributed by atoms with Crippen molar-refractivity contribution in [3.63, 3.8) is 0 Å². The van der Waals surface area contributed by atoms with Crippen LogP contribution in [-0.2, 0) is 4.12 Å². The van der Waals surface area contributed by atoms with E-state index in [4.69, 9.17) is 4.12 Å². The lowest BCUT2D eigenvalue weighted by Gasteiger charge is -2.34. The lowest BCUT2D eigenvalue weighted by molar-refractivity contribution is 0.495. The molecule has 0 aromatic carbocycles. The molecule has 0 saturated carbocycles. The van der Waals surface area contributed by atoms with Crippen LogP contribution in [0, 0.1) is 0 Å². The highest BCUT2D eigenvalue weighted by Gasteiger charge is 2.30. The summed E-state index contributed by atoms with van der Waals surface area (Å²) in [6, 6.07) is 0. The molecule has 0 aromatic rings. The normalized spacial score (nSPS) is 18.5.